The lowest BCUT2D eigenvalue weighted by molar-refractivity contribution is -0.134. The van der Waals surface area contributed by atoms with Crippen molar-refractivity contribution < 1.29 is 41.8 Å². The Morgan fingerprint density at radius 1 is 0.907 bits per heavy atom. The molecule has 0 fully saturated rings. The third-order valence-electron chi connectivity index (χ3n) is 8.98. The number of aromatic nitrogens is 3. The van der Waals surface area contributed by atoms with E-state index in [1.807, 2.05) is 47.7 Å². The molecule has 54 heavy (non-hydrogen) atoms. The first kappa shape index (κ1) is 44.8. The molecular weight excluding hydrogens is 718 g/mol. The fourth-order valence-electron chi connectivity index (χ4n) is 5.80. The molecular formula is C39H60FN5O8S. The molecule has 3 rings (SSSR count). The van der Waals surface area contributed by atoms with Gasteiger partial charge >= 0.3 is 0 Å². The van der Waals surface area contributed by atoms with E-state index in [9.17, 15) is 22.8 Å². The predicted molar refractivity (Wildman–Crippen MR) is 204 cm³/mol. The Balaban J connectivity index is 1.59. The van der Waals surface area contributed by atoms with Crippen molar-refractivity contribution >= 4 is 15.9 Å². The normalized spacial score (nSPS) is 14.0. The fraction of sp³-hybridized carbons (Fsp3) is 0.615. The zero-order valence-corrected chi connectivity index (χ0v) is 34.3. The second-order valence-electron chi connectivity index (χ2n) is 15.8. The number of nitrogens with one attached hydrogen (secondary N) is 1. The standard InChI is InChI=1S/C39H60FN5O8S/c1-28(2)35(36(46)42-47)45(54(48,49)34-17-15-32(50-10)16-18-34)26-30-11-13-33(14-12-30)53-38(6,7)21-24-52-39(8,9)25-31-27-44(43-41-31)22-20-37(4,5)51-23-19-29(3)40/h11-18,27-29,35,47H,19-26H2,1-10H3,(H,42,46). The SMILES string of the molecule is COc1ccc(S(=O)(=O)N(Cc2ccc(OC(C)(C)CCOC(C)(C)Cc3cn(CCC(C)(C)OCCC(C)F)nn3)cc2)C(C(=O)NO)C(C)C)cc1. The lowest BCUT2D eigenvalue weighted by Crippen LogP contribution is -2.51. The molecule has 0 aliphatic carbocycles. The van der Waals surface area contributed by atoms with Crippen LogP contribution in [0.3, 0.4) is 0 Å². The van der Waals surface area contributed by atoms with Gasteiger partial charge in [-0.3, -0.25) is 14.7 Å². The number of benzene rings is 2. The van der Waals surface area contributed by atoms with Gasteiger partial charge in [-0.15, -0.1) is 5.10 Å². The van der Waals surface area contributed by atoms with Gasteiger partial charge in [0.05, 0.1) is 48.3 Å². The Labute approximate surface area is 320 Å². The highest BCUT2D eigenvalue weighted by molar-refractivity contribution is 7.89. The van der Waals surface area contributed by atoms with E-state index in [1.54, 1.807) is 48.3 Å². The first-order valence-corrected chi connectivity index (χ1v) is 19.8. The summed E-state index contributed by atoms with van der Waals surface area (Å²) in [5.74, 6) is -0.209. The fourth-order valence-corrected chi connectivity index (χ4v) is 7.51. The largest absolute Gasteiger partial charge is 0.497 e. The van der Waals surface area contributed by atoms with Gasteiger partial charge in [0.15, 0.2) is 0 Å². The smallest absolute Gasteiger partial charge is 0.262 e. The number of methoxy groups -OCH3 is 1. The molecule has 0 aliphatic heterocycles. The van der Waals surface area contributed by atoms with E-state index in [4.69, 9.17) is 18.9 Å². The van der Waals surface area contributed by atoms with Crippen LogP contribution in [0.4, 0.5) is 4.39 Å². The van der Waals surface area contributed by atoms with Crippen LogP contribution in [0.15, 0.2) is 59.6 Å². The molecule has 2 atom stereocenters. The van der Waals surface area contributed by atoms with Gasteiger partial charge in [0.2, 0.25) is 10.0 Å². The number of nitrogens with zero attached hydrogens (tertiary/aromatic N) is 4. The number of rotatable bonds is 23. The molecule has 1 heterocycles. The van der Waals surface area contributed by atoms with Crippen LogP contribution in [0.2, 0.25) is 0 Å². The van der Waals surface area contributed by atoms with Gasteiger partial charge in [-0.1, -0.05) is 31.2 Å². The Hall–Kier alpha value is -3.63. The Kier molecular flexibility index (Phi) is 16.0. The van der Waals surface area contributed by atoms with Crippen LogP contribution in [0.25, 0.3) is 0 Å². The van der Waals surface area contributed by atoms with E-state index in [1.165, 1.54) is 38.3 Å². The molecule has 2 aromatic carbocycles. The molecule has 2 N–H and O–H groups in total. The van der Waals surface area contributed by atoms with Crippen LogP contribution in [-0.2, 0) is 43.8 Å². The molecule has 3 aromatic rings. The molecule has 0 saturated heterocycles. The van der Waals surface area contributed by atoms with E-state index in [-0.39, 0.29) is 11.4 Å². The zero-order valence-electron chi connectivity index (χ0n) is 33.5. The second-order valence-corrected chi connectivity index (χ2v) is 17.7. The molecule has 1 aromatic heterocycles. The predicted octanol–water partition coefficient (Wildman–Crippen LogP) is 6.53. The second kappa shape index (κ2) is 19.3. The third-order valence-corrected chi connectivity index (χ3v) is 10.8. The highest BCUT2D eigenvalue weighted by Gasteiger charge is 2.38. The van der Waals surface area contributed by atoms with E-state index in [2.05, 4.69) is 10.3 Å². The molecule has 2 unspecified atom stereocenters. The zero-order chi connectivity index (χ0) is 40.3. The number of alkyl halides is 1. The van der Waals surface area contributed by atoms with Crippen molar-refractivity contribution in [3.8, 4) is 11.5 Å². The molecule has 0 aliphatic rings. The van der Waals surface area contributed by atoms with Crippen molar-refractivity contribution in [1.29, 1.82) is 0 Å². The number of hydroxylamine groups is 1. The molecule has 0 radical (unpaired) electrons. The van der Waals surface area contributed by atoms with Gasteiger partial charge in [-0.2, -0.15) is 4.31 Å². The lowest BCUT2D eigenvalue weighted by Gasteiger charge is -2.32. The number of halogens is 1. The minimum Gasteiger partial charge on any atom is -0.497 e. The van der Waals surface area contributed by atoms with Crippen LogP contribution in [0, 0.1) is 5.92 Å². The minimum absolute atomic E-state index is 0.0125. The highest BCUT2D eigenvalue weighted by Crippen LogP contribution is 2.29. The first-order valence-electron chi connectivity index (χ1n) is 18.4. The molecule has 13 nitrogen and oxygen atoms in total. The number of amides is 1. The van der Waals surface area contributed by atoms with E-state index < -0.39 is 50.9 Å². The summed E-state index contributed by atoms with van der Waals surface area (Å²) in [6.45, 7) is 18.2. The van der Waals surface area contributed by atoms with Crippen molar-refractivity contribution in [2.24, 2.45) is 5.92 Å². The number of carbonyl (C=O) groups excluding carboxylic acids is 1. The summed E-state index contributed by atoms with van der Waals surface area (Å²) in [6.07, 6.45) is 3.26. The molecule has 0 saturated carbocycles. The van der Waals surface area contributed by atoms with Crippen LogP contribution in [-0.4, -0.2) is 88.2 Å². The summed E-state index contributed by atoms with van der Waals surface area (Å²) in [5.41, 5.74) is 1.56. The Morgan fingerprint density at radius 2 is 1.52 bits per heavy atom. The van der Waals surface area contributed by atoms with Crippen molar-refractivity contribution in [2.45, 2.75) is 135 Å². The number of ether oxygens (including phenoxy) is 4. The summed E-state index contributed by atoms with van der Waals surface area (Å²) >= 11 is 0. The van der Waals surface area contributed by atoms with Gasteiger partial charge in [-0.05, 0) is 103 Å². The number of sulfonamides is 1. The van der Waals surface area contributed by atoms with Crippen LogP contribution < -0.4 is 15.0 Å². The minimum atomic E-state index is -4.18. The molecule has 302 valence electrons. The van der Waals surface area contributed by atoms with Crippen LogP contribution in [0.5, 0.6) is 11.5 Å². The summed E-state index contributed by atoms with van der Waals surface area (Å²) in [5, 5.41) is 18.1. The number of hydrogen-bond acceptors (Lipinski definition) is 10. The first-order chi connectivity index (χ1) is 25.2. The topological polar surface area (TPSA) is 154 Å². The van der Waals surface area contributed by atoms with E-state index in [0.717, 1.165) is 10.00 Å². The average molecular weight is 778 g/mol. The van der Waals surface area contributed by atoms with Crippen molar-refractivity contribution in [3.63, 3.8) is 0 Å². The summed E-state index contributed by atoms with van der Waals surface area (Å²) in [6, 6.07) is 11.8. The maximum atomic E-state index is 13.9. The lowest BCUT2D eigenvalue weighted by atomic mass is 10.0. The summed E-state index contributed by atoms with van der Waals surface area (Å²) in [7, 11) is -2.69. The summed E-state index contributed by atoms with van der Waals surface area (Å²) < 4.78 is 67.4. The van der Waals surface area contributed by atoms with Gasteiger partial charge in [0.25, 0.3) is 5.91 Å². The molecule has 0 spiro atoms. The highest BCUT2D eigenvalue weighted by atomic mass is 32.2. The summed E-state index contributed by atoms with van der Waals surface area (Å²) in [4.78, 5) is 12.8. The third kappa shape index (κ3) is 13.9. The molecule has 1 amide bonds. The van der Waals surface area contributed by atoms with Crippen LogP contribution in [0.1, 0.15) is 92.8 Å². The number of aryl methyl sites for hydroxylation is 1. The van der Waals surface area contributed by atoms with E-state index in [0.29, 0.717) is 62.5 Å². The maximum Gasteiger partial charge on any atom is 0.262 e. The van der Waals surface area contributed by atoms with Gasteiger partial charge in [0.1, 0.15) is 23.1 Å². The molecule has 0 bridgehead atoms. The van der Waals surface area contributed by atoms with Gasteiger partial charge in [-0.25, -0.2) is 18.3 Å². The maximum absolute atomic E-state index is 13.9. The van der Waals surface area contributed by atoms with Gasteiger partial charge in [0, 0.05) is 38.5 Å². The van der Waals surface area contributed by atoms with Crippen molar-refractivity contribution in [3.05, 3.63) is 66.0 Å². The van der Waals surface area contributed by atoms with Crippen molar-refractivity contribution in [2.75, 3.05) is 20.3 Å². The monoisotopic (exact) mass is 777 g/mol. The van der Waals surface area contributed by atoms with Crippen LogP contribution >= 0.6 is 0 Å². The average Bonchev–Trinajstić information content (AvgIpc) is 3.53. The Bertz CT molecular complexity index is 1710. The quantitative estimate of drug-likeness (QED) is 0.0803. The molecule has 15 heteroatoms. The number of hydrogen-bond donors (Lipinski definition) is 2. The van der Waals surface area contributed by atoms with Gasteiger partial charge < -0.3 is 18.9 Å². The Morgan fingerprint density at radius 3 is 2.09 bits per heavy atom. The van der Waals surface area contributed by atoms with Crippen molar-refractivity contribution in [1.82, 2.24) is 24.8 Å². The number of carbonyl (C=O) groups is 1. The van der Waals surface area contributed by atoms with E-state index >= 15 is 0 Å².